The van der Waals surface area contributed by atoms with Gasteiger partial charge in [-0.2, -0.15) is 0 Å². The van der Waals surface area contributed by atoms with Crippen molar-refractivity contribution in [2.45, 2.75) is 19.9 Å². The van der Waals surface area contributed by atoms with Gasteiger partial charge in [-0.05, 0) is 30.7 Å². The van der Waals surface area contributed by atoms with Gasteiger partial charge < -0.3 is 10.1 Å². The number of nitrogens with one attached hydrogen (secondary N) is 1. The molecule has 0 fully saturated rings. The lowest BCUT2D eigenvalue weighted by atomic mass is 10.2. The van der Waals surface area contributed by atoms with Crippen molar-refractivity contribution < 1.29 is 9.13 Å². The fraction of sp³-hybridized carbons (Fsp3) is 0.455. The van der Waals surface area contributed by atoms with E-state index < -0.39 is 0 Å². The summed E-state index contributed by atoms with van der Waals surface area (Å²) in [5.74, 6) is -0.00691. The number of benzene rings is 1. The number of rotatable bonds is 5. The normalized spacial score (nSPS) is 10.2. The van der Waals surface area contributed by atoms with E-state index in [1.807, 2.05) is 6.07 Å². The highest BCUT2D eigenvalue weighted by Gasteiger charge is 2.02. The molecule has 2 nitrogen and oxygen atoms in total. The van der Waals surface area contributed by atoms with Gasteiger partial charge in [-0.25, -0.2) is 4.39 Å². The Morgan fingerprint density at radius 1 is 1.43 bits per heavy atom. The van der Waals surface area contributed by atoms with Crippen molar-refractivity contribution in [1.82, 2.24) is 5.32 Å². The summed E-state index contributed by atoms with van der Waals surface area (Å²) in [6.07, 6.45) is 1.08. The Morgan fingerprint density at radius 2 is 2.21 bits per heavy atom. The lowest BCUT2D eigenvalue weighted by Gasteiger charge is -2.05. The molecule has 14 heavy (non-hydrogen) atoms. The maximum atomic E-state index is 13.2. The molecule has 0 saturated heterocycles. The van der Waals surface area contributed by atoms with Gasteiger partial charge in [0.15, 0.2) is 11.6 Å². The van der Waals surface area contributed by atoms with E-state index >= 15 is 0 Å². The minimum atomic E-state index is -0.303. The highest BCUT2D eigenvalue weighted by molar-refractivity contribution is 5.29. The molecule has 0 bridgehead atoms. The second-order valence-electron chi connectivity index (χ2n) is 3.15. The third-order valence-corrected chi connectivity index (χ3v) is 1.97. The summed E-state index contributed by atoms with van der Waals surface area (Å²) in [6, 6.07) is 5.02. The van der Waals surface area contributed by atoms with E-state index in [4.69, 9.17) is 4.74 Å². The first kappa shape index (κ1) is 11.0. The molecule has 0 saturated carbocycles. The zero-order valence-electron chi connectivity index (χ0n) is 8.64. The predicted molar refractivity (Wildman–Crippen MR) is 54.9 cm³/mol. The fourth-order valence-corrected chi connectivity index (χ4v) is 1.23. The summed E-state index contributed by atoms with van der Waals surface area (Å²) in [7, 11) is 1.47. The van der Waals surface area contributed by atoms with Crippen LogP contribution in [-0.2, 0) is 6.54 Å². The van der Waals surface area contributed by atoms with Crippen LogP contribution in [0.2, 0.25) is 0 Å². The summed E-state index contributed by atoms with van der Waals surface area (Å²) in [4.78, 5) is 0. The average molecular weight is 197 g/mol. The van der Waals surface area contributed by atoms with Crippen LogP contribution in [-0.4, -0.2) is 13.7 Å². The first-order valence-corrected chi connectivity index (χ1v) is 4.81. The predicted octanol–water partition coefficient (Wildman–Crippen LogP) is 2.33. The van der Waals surface area contributed by atoms with Crippen LogP contribution in [0.1, 0.15) is 18.9 Å². The van der Waals surface area contributed by atoms with E-state index in [2.05, 4.69) is 12.2 Å². The minimum absolute atomic E-state index is 0.296. The Hall–Kier alpha value is -1.09. The Balaban J connectivity index is 2.57. The molecule has 1 N–H and O–H groups in total. The van der Waals surface area contributed by atoms with Gasteiger partial charge in [0.2, 0.25) is 0 Å². The van der Waals surface area contributed by atoms with Crippen LogP contribution >= 0.6 is 0 Å². The molecule has 1 aromatic carbocycles. The van der Waals surface area contributed by atoms with Gasteiger partial charge in [0.25, 0.3) is 0 Å². The zero-order valence-corrected chi connectivity index (χ0v) is 8.64. The molecular formula is C11H16FNO. The third-order valence-electron chi connectivity index (χ3n) is 1.97. The standard InChI is InChI=1S/C11H16FNO/c1-3-6-13-8-9-4-5-11(14-2)10(12)7-9/h4-5,7,13H,3,6,8H2,1-2H3. The molecule has 0 aliphatic heterocycles. The Morgan fingerprint density at radius 3 is 2.79 bits per heavy atom. The van der Waals surface area contributed by atoms with E-state index in [-0.39, 0.29) is 5.82 Å². The van der Waals surface area contributed by atoms with Gasteiger partial charge in [0.05, 0.1) is 7.11 Å². The van der Waals surface area contributed by atoms with Crippen LogP contribution in [0.5, 0.6) is 5.75 Å². The molecule has 1 aromatic rings. The van der Waals surface area contributed by atoms with Crippen LogP contribution in [0.25, 0.3) is 0 Å². The lowest BCUT2D eigenvalue weighted by molar-refractivity contribution is 0.386. The monoisotopic (exact) mass is 197 g/mol. The largest absolute Gasteiger partial charge is 0.494 e. The third kappa shape index (κ3) is 3.00. The van der Waals surface area contributed by atoms with Crippen LogP contribution in [0, 0.1) is 5.82 Å². The lowest BCUT2D eigenvalue weighted by Crippen LogP contribution is -2.13. The fourth-order valence-electron chi connectivity index (χ4n) is 1.23. The zero-order chi connectivity index (χ0) is 10.4. The van der Waals surface area contributed by atoms with Crippen LogP contribution in [0.4, 0.5) is 4.39 Å². The summed E-state index contributed by atoms with van der Waals surface area (Å²) in [5, 5.41) is 3.21. The molecule has 0 spiro atoms. The minimum Gasteiger partial charge on any atom is -0.494 e. The molecule has 78 valence electrons. The number of hydrogen-bond acceptors (Lipinski definition) is 2. The van der Waals surface area contributed by atoms with Gasteiger partial charge in [-0.15, -0.1) is 0 Å². The van der Waals surface area contributed by atoms with Crippen LogP contribution < -0.4 is 10.1 Å². The first-order valence-electron chi connectivity index (χ1n) is 4.81. The quantitative estimate of drug-likeness (QED) is 0.731. The van der Waals surface area contributed by atoms with E-state index in [0.29, 0.717) is 12.3 Å². The molecule has 0 unspecified atom stereocenters. The van der Waals surface area contributed by atoms with E-state index in [0.717, 1.165) is 18.5 Å². The second kappa shape index (κ2) is 5.60. The van der Waals surface area contributed by atoms with Gasteiger partial charge in [-0.3, -0.25) is 0 Å². The molecule has 0 aliphatic carbocycles. The van der Waals surface area contributed by atoms with Crippen molar-refractivity contribution >= 4 is 0 Å². The average Bonchev–Trinajstić information content (AvgIpc) is 2.18. The summed E-state index contributed by atoms with van der Waals surface area (Å²) in [6.45, 7) is 3.75. The molecule has 0 heterocycles. The van der Waals surface area contributed by atoms with E-state index in [9.17, 15) is 4.39 Å². The molecule has 1 rings (SSSR count). The van der Waals surface area contributed by atoms with Crippen molar-refractivity contribution in [2.75, 3.05) is 13.7 Å². The van der Waals surface area contributed by atoms with Gasteiger partial charge in [-0.1, -0.05) is 13.0 Å². The molecule has 0 aliphatic rings. The number of halogens is 1. The molecule has 0 radical (unpaired) electrons. The van der Waals surface area contributed by atoms with Crippen molar-refractivity contribution in [3.63, 3.8) is 0 Å². The van der Waals surface area contributed by atoms with Crippen LogP contribution in [0.15, 0.2) is 18.2 Å². The maximum absolute atomic E-state index is 13.2. The van der Waals surface area contributed by atoms with Crippen molar-refractivity contribution in [1.29, 1.82) is 0 Å². The Kier molecular flexibility index (Phi) is 4.40. The summed E-state index contributed by atoms with van der Waals surface area (Å²) < 4.78 is 18.0. The Labute approximate surface area is 84.1 Å². The maximum Gasteiger partial charge on any atom is 0.165 e. The molecule has 0 amide bonds. The molecular weight excluding hydrogens is 181 g/mol. The number of methoxy groups -OCH3 is 1. The molecule has 0 aromatic heterocycles. The van der Waals surface area contributed by atoms with Gasteiger partial charge in [0, 0.05) is 6.54 Å². The molecule has 3 heteroatoms. The summed E-state index contributed by atoms with van der Waals surface area (Å²) in [5.41, 5.74) is 0.941. The van der Waals surface area contributed by atoms with Gasteiger partial charge >= 0.3 is 0 Å². The number of hydrogen-bond donors (Lipinski definition) is 1. The SMILES string of the molecule is CCCNCc1ccc(OC)c(F)c1. The second-order valence-corrected chi connectivity index (χ2v) is 3.15. The Bertz CT molecular complexity index is 289. The number of ether oxygens (including phenoxy) is 1. The highest BCUT2D eigenvalue weighted by atomic mass is 19.1. The van der Waals surface area contributed by atoms with Gasteiger partial charge in [0.1, 0.15) is 0 Å². The van der Waals surface area contributed by atoms with Crippen molar-refractivity contribution in [3.05, 3.63) is 29.6 Å². The molecule has 0 atom stereocenters. The van der Waals surface area contributed by atoms with E-state index in [1.54, 1.807) is 6.07 Å². The van der Waals surface area contributed by atoms with E-state index in [1.165, 1.54) is 13.2 Å². The van der Waals surface area contributed by atoms with Crippen molar-refractivity contribution in [2.24, 2.45) is 0 Å². The van der Waals surface area contributed by atoms with Crippen LogP contribution in [0.3, 0.4) is 0 Å². The highest BCUT2D eigenvalue weighted by Crippen LogP contribution is 2.17. The van der Waals surface area contributed by atoms with Crippen molar-refractivity contribution in [3.8, 4) is 5.75 Å². The first-order chi connectivity index (χ1) is 6.77. The topological polar surface area (TPSA) is 21.3 Å². The summed E-state index contributed by atoms with van der Waals surface area (Å²) >= 11 is 0. The smallest absolute Gasteiger partial charge is 0.165 e.